The second-order valence-electron chi connectivity index (χ2n) is 12.2. The molecule has 0 aliphatic carbocycles. The SMILES string of the molecule is COc1nc(Nc2nccc(-c3ccc(OC4CCN(C(=O)[C@@H](C)CO)CC4(F)F)c(C#N)c3)n2)ccc1N1CCN(C2COC2)CC1. The van der Waals surface area contributed by atoms with Gasteiger partial charge < -0.3 is 34.4 Å². The molecule has 48 heavy (non-hydrogen) atoms. The highest BCUT2D eigenvalue weighted by Gasteiger charge is 2.48. The third kappa shape index (κ3) is 7.10. The first-order chi connectivity index (χ1) is 23.2. The minimum atomic E-state index is -3.35. The number of hydrogen-bond acceptors (Lipinski definition) is 12. The second-order valence-corrected chi connectivity index (χ2v) is 12.2. The van der Waals surface area contributed by atoms with Crippen molar-refractivity contribution in [3.8, 4) is 29.0 Å². The number of piperidine rings is 1. The summed E-state index contributed by atoms with van der Waals surface area (Å²) in [6, 6.07) is 12.6. The number of rotatable bonds is 10. The molecule has 0 bridgehead atoms. The number of alkyl halides is 2. The molecule has 13 nitrogen and oxygen atoms in total. The van der Waals surface area contributed by atoms with Crippen LogP contribution in [0, 0.1) is 17.2 Å². The van der Waals surface area contributed by atoms with Crippen LogP contribution in [0.4, 0.5) is 26.2 Å². The Morgan fingerprint density at radius 3 is 2.62 bits per heavy atom. The molecule has 254 valence electrons. The van der Waals surface area contributed by atoms with Crippen LogP contribution in [0.15, 0.2) is 42.6 Å². The fourth-order valence-electron chi connectivity index (χ4n) is 6.03. The molecule has 1 unspecified atom stereocenters. The van der Waals surface area contributed by atoms with Crippen LogP contribution in [0.25, 0.3) is 11.3 Å². The summed E-state index contributed by atoms with van der Waals surface area (Å²) in [4.78, 5) is 31.6. The van der Waals surface area contributed by atoms with Gasteiger partial charge in [0.2, 0.25) is 17.7 Å². The van der Waals surface area contributed by atoms with Crippen LogP contribution >= 0.6 is 0 Å². The quantitative estimate of drug-likeness (QED) is 0.328. The van der Waals surface area contributed by atoms with Gasteiger partial charge in [0, 0.05) is 50.9 Å². The largest absolute Gasteiger partial charge is 0.483 e. The first-order valence-corrected chi connectivity index (χ1v) is 15.9. The van der Waals surface area contributed by atoms with E-state index in [1.165, 1.54) is 19.1 Å². The number of amides is 1. The number of likely N-dealkylation sites (tertiary alicyclic amines) is 1. The summed E-state index contributed by atoms with van der Waals surface area (Å²) in [5.41, 5.74) is 2.02. The van der Waals surface area contributed by atoms with Crippen LogP contribution < -0.4 is 19.7 Å². The van der Waals surface area contributed by atoms with Crippen molar-refractivity contribution in [3.05, 3.63) is 48.2 Å². The van der Waals surface area contributed by atoms with Crippen molar-refractivity contribution in [1.29, 1.82) is 5.26 Å². The number of aliphatic hydroxyl groups is 1. The van der Waals surface area contributed by atoms with E-state index in [2.05, 4.69) is 30.1 Å². The van der Waals surface area contributed by atoms with Crippen LogP contribution in [-0.4, -0.2) is 120 Å². The number of nitrogens with zero attached hydrogens (tertiary/aromatic N) is 7. The van der Waals surface area contributed by atoms with E-state index < -0.39 is 37.0 Å². The van der Waals surface area contributed by atoms with Crippen molar-refractivity contribution in [3.63, 3.8) is 0 Å². The summed E-state index contributed by atoms with van der Waals surface area (Å²) in [6.45, 7) is 5.49. The van der Waals surface area contributed by atoms with Crippen molar-refractivity contribution < 1.29 is 32.9 Å². The van der Waals surface area contributed by atoms with E-state index in [4.69, 9.17) is 14.2 Å². The second kappa shape index (κ2) is 14.2. The number of carbonyl (C=O) groups excluding carboxylic acids is 1. The Kier molecular flexibility index (Phi) is 9.86. The van der Waals surface area contributed by atoms with E-state index in [1.54, 1.807) is 25.4 Å². The number of aliphatic hydroxyl groups excluding tert-OH is 1. The van der Waals surface area contributed by atoms with E-state index >= 15 is 8.78 Å². The van der Waals surface area contributed by atoms with Gasteiger partial charge in [0.15, 0.2) is 6.10 Å². The average molecular weight is 665 g/mol. The molecule has 2 atom stereocenters. The average Bonchev–Trinajstić information content (AvgIpc) is 3.08. The molecule has 2 aromatic heterocycles. The number of methoxy groups -OCH3 is 1. The van der Waals surface area contributed by atoms with Crippen LogP contribution in [0.2, 0.25) is 0 Å². The molecule has 3 aliphatic heterocycles. The van der Waals surface area contributed by atoms with Gasteiger partial charge in [-0.1, -0.05) is 6.92 Å². The maximum Gasteiger partial charge on any atom is 0.301 e. The van der Waals surface area contributed by atoms with Gasteiger partial charge in [-0.05, 0) is 36.4 Å². The van der Waals surface area contributed by atoms with E-state index in [9.17, 15) is 15.2 Å². The fourth-order valence-corrected chi connectivity index (χ4v) is 6.03. The summed E-state index contributed by atoms with van der Waals surface area (Å²) in [5.74, 6) is -3.41. The topological polar surface area (TPSA) is 149 Å². The fraction of sp³-hybridized carbons (Fsp3) is 0.485. The van der Waals surface area contributed by atoms with Crippen molar-refractivity contribution in [2.75, 3.05) is 76.4 Å². The Hall–Kier alpha value is -4.65. The highest BCUT2D eigenvalue weighted by molar-refractivity contribution is 5.78. The number of anilines is 3. The number of halogens is 2. The molecule has 0 spiro atoms. The molecule has 0 radical (unpaired) electrons. The van der Waals surface area contributed by atoms with Crippen LogP contribution in [0.3, 0.4) is 0 Å². The number of nitrogens with one attached hydrogen (secondary N) is 1. The minimum Gasteiger partial charge on any atom is -0.483 e. The molecule has 1 amide bonds. The number of carbonyl (C=O) groups is 1. The summed E-state index contributed by atoms with van der Waals surface area (Å²) in [6.07, 6.45) is -0.0919. The van der Waals surface area contributed by atoms with Crippen LogP contribution in [0.5, 0.6) is 11.6 Å². The Morgan fingerprint density at radius 2 is 1.96 bits per heavy atom. The number of ether oxygens (including phenoxy) is 3. The summed E-state index contributed by atoms with van der Waals surface area (Å²) >= 11 is 0. The highest BCUT2D eigenvalue weighted by Crippen LogP contribution is 2.35. The van der Waals surface area contributed by atoms with E-state index in [-0.39, 0.29) is 30.2 Å². The van der Waals surface area contributed by atoms with Gasteiger partial charge in [-0.15, -0.1) is 0 Å². The first kappa shape index (κ1) is 33.3. The molecule has 3 aliphatic rings. The lowest BCUT2D eigenvalue weighted by Crippen LogP contribution is -2.56. The smallest absolute Gasteiger partial charge is 0.301 e. The Morgan fingerprint density at radius 1 is 1.17 bits per heavy atom. The van der Waals surface area contributed by atoms with E-state index in [0.717, 1.165) is 50.0 Å². The maximum absolute atomic E-state index is 15.0. The third-order valence-electron chi connectivity index (χ3n) is 8.93. The minimum absolute atomic E-state index is 0.0108. The number of pyridine rings is 1. The van der Waals surface area contributed by atoms with Crippen molar-refractivity contribution in [2.45, 2.75) is 31.4 Å². The molecule has 2 N–H and O–H groups in total. The number of aromatic nitrogens is 3. The lowest BCUT2D eigenvalue weighted by Gasteiger charge is -2.43. The molecule has 3 fully saturated rings. The van der Waals surface area contributed by atoms with Gasteiger partial charge in [-0.3, -0.25) is 9.69 Å². The zero-order valence-corrected chi connectivity index (χ0v) is 26.8. The summed E-state index contributed by atoms with van der Waals surface area (Å²) in [7, 11) is 1.58. The molecule has 3 aromatic rings. The maximum atomic E-state index is 15.0. The van der Waals surface area contributed by atoms with Crippen molar-refractivity contribution in [2.24, 2.45) is 5.92 Å². The monoisotopic (exact) mass is 664 g/mol. The van der Waals surface area contributed by atoms with E-state index in [0.29, 0.717) is 29.0 Å². The van der Waals surface area contributed by atoms with Gasteiger partial charge in [-0.2, -0.15) is 10.2 Å². The predicted octanol–water partition coefficient (Wildman–Crippen LogP) is 2.93. The molecular formula is C33H38F2N8O5. The summed E-state index contributed by atoms with van der Waals surface area (Å²) in [5, 5.41) is 22.2. The Bertz CT molecular complexity index is 1660. The van der Waals surface area contributed by atoms with E-state index in [1.807, 2.05) is 18.2 Å². The normalized spacial score (nSPS) is 20.4. The Labute approximate surface area is 277 Å². The molecular weight excluding hydrogens is 626 g/mol. The number of nitriles is 1. The van der Waals surface area contributed by atoms with Gasteiger partial charge in [0.25, 0.3) is 0 Å². The van der Waals surface area contributed by atoms with Gasteiger partial charge in [0.1, 0.15) is 23.3 Å². The predicted molar refractivity (Wildman–Crippen MR) is 171 cm³/mol. The summed E-state index contributed by atoms with van der Waals surface area (Å²) < 4.78 is 46.7. The molecule has 5 heterocycles. The van der Waals surface area contributed by atoms with Crippen LogP contribution in [-0.2, 0) is 9.53 Å². The number of benzene rings is 1. The lowest BCUT2D eigenvalue weighted by molar-refractivity contribution is -0.163. The third-order valence-corrected chi connectivity index (χ3v) is 8.93. The Balaban J connectivity index is 1.12. The van der Waals surface area contributed by atoms with Gasteiger partial charge in [0.05, 0.1) is 56.7 Å². The van der Waals surface area contributed by atoms with Crippen molar-refractivity contribution >= 4 is 23.4 Å². The molecule has 1 aromatic carbocycles. The molecule has 3 saturated heterocycles. The van der Waals surface area contributed by atoms with Gasteiger partial charge in [-0.25, -0.2) is 18.7 Å². The zero-order valence-electron chi connectivity index (χ0n) is 26.8. The number of hydrogen-bond donors (Lipinski definition) is 2. The van der Waals surface area contributed by atoms with Gasteiger partial charge >= 0.3 is 5.92 Å². The zero-order chi connectivity index (χ0) is 33.8. The standard InChI is InChI=1S/C33H38F2N8O5/c1-21(17-44)31(45)43-10-8-28(33(34,35)20-43)48-27-5-3-22(15-23(27)16-36)25-7-9-37-32(38-25)40-29-6-4-26(30(39-29)46-2)42-13-11-41(12-14-42)24-18-47-19-24/h3-7,9,15,21,24,28,44H,8,10-14,17-20H2,1-2H3,(H,37,38,39,40)/t21-,28?/m0/s1. The molecule has 6 rings (SSSR count). The van der Waals surface area contributed by atoms with Crippen molar-refractivity contribution in [1.82, 2.24) is 24.8 Å². The molecule has 15 heteroatoms. The lowest BCUT2D eigenvalue weighted by atomic mass is 10.0. The highest BCUT2D eigenvalue weighted by atomic mass is 19.3. The van der Waals surface area contributed by atoms with Crippen LogP contribution in [0.1, 0.15) is 18.9 Å². The first-order valence-electron chi connectivity index (χ1n) is 15.9. The molecule has 0 saturated carbocycles. The number of piperazine rings is 1.